The van der Waals surface area contributed by atoms with E-state index >= 15 is 0 Å². The molecule has 1 aromatic heterocycles. The second-order valence-corrected chi connectivity index (χ2v) is 11.3. The van der Waals surface area contributed by atoms with Crippen molar-refractivity contribution in [3.8, 4) is 0 Å². The molecule has 1 aromatic carbocycles. The molecule has 2 aliphatic rings. The normalized spacial score (nSPS) is 26.6. The van der Waals surface area contributed by atoms with Crippen LogP contribution in [0, 0.1) is 5.92 Å². The first kappa shape index (κ1) is 25.3. The summed E-state index contributed by atoms with van der Waals surface area (Å²) in [4.78, 5) is 21.8. The van der Waals surface area contributed by atoms with Crippen molar-refractivity contribution >= 4 is 27.1 Å². The lowest BCUT2D eigenvalue weighted by Crippen LogP contribution is -2.20. The van der Waals surface area contributed by atoms with E-state index in [4.69, 9.17) is 9.47 Å². The van der Waals surface area contributed by atoms with Crippen molar-refractivity contribution in [3.63, 3.8) is 0 Å². The summed E-state index contributed by atoms with van der Waals surface area (Å²) in [6.07, 6.45) is 1.86. The van der Waals surface area contributed by atoms with E-state index in [1.807, 2.05) is 0 Å². The van der Waals surface area contributed by atoms with Crippen molar-refractivity contribution in [2.45, 2.75) is 55.8 Å². The lowest BCUT2D eigenvalue weighted by Gasteiger charge is -2.16. The van der Waals surface area contributed by atoms with Gasteiger partial charge in [0.15, 0.2) is 21.4 Å². The molecule has 4 atom stereocenters. The molecule has 0 bridgehead atoms. The van der Waals surface area contributed by atoms with Crippen LogP contribution in [0.15, 0.2) is 47.6 Å². The SMILES string of the molecule is CC1(C)OC[C@@H](c2cnc(NC(=O)C(=CC3C[C@@H](F)[C@@H](F)C3)c3ccc(S(C)(=O)=O)cc3)cn2)O1. The van der Waals surface area contributed by atoms with E-state index in [0.29, 0.717) is 17.9 Å². The van der Waals surface area contributed by atoms with Crippen molar-refractivity contribution in [1.82, 2.24) is 9.97 Å². The van der Waals surface area contributed by atoms with Crippen LogP contribution in [0.4, 0.5) is 14.6 Å². The number of nitrogens with one attached hydrogen (secondary N) is 1. The van der Waals surface area contributed by atoms with Crippen molar-refractivity contribution < 1.29 is 31.5 Å². The van der Waals surface area contributed by atoms with Crippen LogP contribution in [-0.2, 0) is 24.1 Å². The minimum absolute atomic E-state index is 0.0340. The number of hydrogen-bond acceptors (Lipinski definition) is 7. The van der Waals surface area contributed by atoms with Gasteiger partial charge in [-0.15, -0.1) is 0 Å². The molecule has 8 nitrogen and oxygen atoms in total. The van der Waals surface area contributed by atoms with E-state index in [9.17, 15) is 22.0 Å². The average molecular weight is 508 g/mol. The highest BCUT2D eigenvalue weighted by Crippen LogP contribution is 2.34. The first-order valence-corrected chi connectivity index (χ1v) is 13.1. The number of nitrogens with zero attached hydrogens (tertiary/aromatic N) is 2. The minimum atomic E-state index is -3.43. The van der Waals surface area contributed by atoms with Gasteiger partial charge in [-0.25, -0.2) is 22.2 Å². The number of halogens is 2. The molecular formula is C24H27F2N3O5S. The number of hydrogen-bond donors (Lipinski definition) is 1. The summed E-state index contributed by atoms with van der Waals surface area (Å²) in [6.45, 7) is 3.92. The van der Waals surface area contributed by atoms with E-state index in [1.54, 1.807) is 13.8 Å². The zero-order valence-corrected chi connectivity index (χ0v) is 20.4. The van der Waals surface area contributed by atoms with Gasteiger partial charge in [-0.3, -0.25) is 9.78 Å². The third-order valence-electron chi connectivity index (χ3n) is 5.94. The third-order valence-corrected chi connectivity index (χ3v) is 7.07. The molecule has 1 saturated heterocycles. The molecule has 0 spiro atoms. The molecule has 4 rings (SSSR count). The van der Waals surface area contributed by atoms with Crippen LogP contribution in [0.1, 0.15) is 44.1 Å². The van der Waals surface area contributed by atoms with Gasteiger partial charge in [0, 0.05) is 11.8 Å². The smallest absolute Gasteiger partial charge is 0.257 e. The van der Waals surface area contributed by atoms with Gasteiger partial charge in [0.05, 0.1) is 29.6 Å². The minimum Gasteiger partial charge on any atom is -0.347 e. The lowest BCUT2D eigenvalue weighted by molar-refractivity contribution is -0.139. The van der Waals surface area contributed by atoms with Crippen molar-refractivity contribution in [2.24, 2.45) is 5.92 Å². The average Bonchev–Trinajstić information content (AvgIpc) is 3.32. The Hall–Kier alpha value is -2.76. The Labute approximate surface area is 202 Å². The highest BCUT2D eigenvalue weighted by atomic mass is 32.2. The Morgan fingerprint density at radius 3 is 2.29 bits per heavy atom. The molecule has 11 heteroatoms. The number of amides is 1. The predicted octanol–water partition coefficient (Wildman–Crippen LogP) is 3.81. The lowest BCUT2D eigenvalue weighted by atomic mass is 9.98. The first-order valence-electron chi connectivity index (χ1n) is 11.2. The molecule has 2 heterocycles. The fourth-order valence-corrected chi connectivity index (χ4v) is 4.74. The molecule has 1 unspecified atom stereocenters. The third kappa shape index (κ3) is 6.09. The van der Waals surface area contributed by atoms with Crippen LogP contribution in [0.5, 0.6) is 0 Å². The molecule has 1 aliphatic heterocycles. The van der Waals surface area contributed by atoms with E-state index in [1.165, 1.54) is 42.7 Å². The largest absolute Gasteiger partial charge is 0.347 e. The Bertz CT molecular complexity index is 1210. The maximum Gasteiger partial charge on any atom is 0.257 e. The van der Waals surface area contributed by atoms with E-state index in [2.05, 4.69) is 15.3 Å². The van der Waals surface area contributed by atoms with Gasteiger partial charge in [0.25, 0.3) is 5.91 Å². The summed E-state index contributed by atoms with van der Waals surface area (Å²) in [5.74, 6) is -1.58. The summed E-state index contributed by atoms with van der Waals surface area (Å²) < 4.78 is 62.4. The molecule has 1 saturated carbocycles. The molecule has 1 N–H and O–H groups in total. The molecule has 188 valence electrons. The number of carbonyl (C=O) groups excluding carboxylic acids is 1. The van der Waals surface area contributed by atoms with Crippen LogP contribution in [0.25, 0.3) is 5.57 Å². The van der Waals surface area contributed by atoms with Gasteiger partial charge in [-0.05, 0) is 50.3 Å². The second kappa shape index (κ2) is 9.71. The number of anilines is 1. The zero-order chi connectivity index (χ0) is 25.4. The Kier molecular flexibility index (Phi) is 7.03. The number of rotatable bonds is 6. The second-order valence-electron chi connectivity index (χ2n) is 9.24. The van der Waals surface area contributed by atoms with Gasteiger partial charge in [0.1, 0.15) is 18.4 Å². The highest BCUT2D eigenvalue weighted by Gasteiger charge is 2.35. The summed E-state index contributed by atoms with van der Waals surface area (Å²) in [5.41, 5.74) is 1.13. The Morgan fingerprint density at radius 2 is 1.77 bits per heavy atom. The summed E-state index contributed by atoms with van der Waals surface area (Å²) in [6, 6.07) is 5.75. The first-order chi connectivity index (χ1) is 16.4. The van der Waals surface area contributed by atoms with Gasteiger partial charge in [-0.2, -0.15) is 0 Å². The maximum absolute atomic E-state index is 13.8. The van der Waals surface area contributed by atoms with Gasteiger partial charge in [-0.1, -0.05) is 18.2 Å². The topological polar surface area (TPSA) is 107 Å². The van der Waals surface area contributed by atoms with Crippen LogP contribution >= 0.6 is 0 Å². The quantitative estimate of drug-likeness (QED) is 0.593. The van der Waals surface area contributed by atoms with E-state index in [0.717, 1.165) is 6.26 Å². The summed E-state index contributed by atoms with van der Waals surface area (Å²) in [5, 5.41) is 2.66. The zero-order valence-electron chi connectivity index (χ0n) is 19.6. The number of sulfone groups is 1. The van der Waals surface area contributed by atoms with Crippen molar-refractivity contribution in [2.75, 3.05) is 18.2 Å². The molecule has 2 aromatic rings. The standard InChI is InChI=1S/C24H27F2N3O5S/c1-24(2)33-13-21(34-24)20-11-28-22(12-27-20)29-23(30)17(8-14-9-18(25)19(26)10-14)15-4-6-16(7-5-15)35(3,31)32/h4-8,11-12,14,18-19,21H,9-10,13H2,1-3H3,(H,28,29,30)/t14?,18-,19+,21-/m0/s1. The van der Waals surface area contributed by atoms with Crippen molar-refractivity contribution in [1.29, 1.82) is 0 Å². The van der Waals surface area contributed by atoms with E-state index in [-0.39, 0.29) is 35.2 Å². The van der Waals surface area contributed by atoms with Gasteiger partial charge >= 0.3 is 0 Å². The fourth-order valence-electron chi connectivity index (χ4n) is 4.11. The predicted molar refractivity (Wildman–Crippen MR) is 125 cm³/mol. The number of alkyl halides is 2. The molecule has 0 radical (unpaired) electrons. The summed E-state index contributed by atoms with van der Waals surface area (Å²) >= 11 is 0. The van der Waals surface area contributed by atoms with Crippen LogP contribution in [0.3, 0.4) is 0 Å². The number of aromatic nitrogens is 2. The Balaban J connectivity index is 1.55. The number of benzene rings is 1. The van der Waals surface area contributed by atoms with Crippen molar-refractivity contribution in [3.05, 3.63) is 54.0 Å². The molecule has 2 fully saturated rings. The Morgan fingerprint density at radius 1 is 1.11 bits per heavy atom. The molecule has 1 amide bonds. The van der Waals surface area contributed by atoms with Crippen LogP contribution < -0.4 is 5.32 Å². The maximum atomic E-state index is 13.8. The van der Waals surface area contributed by atoms with Crippen LogP contribution in [-0.4, -0.2) is 55.3 Å². The molecule has 1 aliphatic carbocycles. The molecular weight excluding hydrogens is 480 g/mol. The van der Waals surface area contributed by atoms with Crippen LogP contribution in [0.2, 0.25) is 0 Å². The van der Waals surface area contributed by atoms with Gasteiger partial charge < -0.3 is 14.8 Å². The van der Waals surface area contributed by atoms with E-state index < -0.39 is 39.8 Å². The summed E-state index contributed by atoms with van der Waals surface area (Å²) in [7, 11) is -3.43. The monoisotopic (exact) mass is 507 g/mol. The highest BCUT2D eigenvalue weighted by molar-refractivity contribution is 7.90. The van der Waals surface area contributed by atoms with Gasteiger partial charge in [0.2, 0.25) is 0 Å². The fraction of sp³-hybridized carbons (Fsp3) is 0.458. The number of allylic oxidation sites excluding steroid dienone is 1. The number of ether oxygens (including phenoxy) is 2. The number of carbonyl (C=O) groups is 1. The molecule has 35 heavy (non-hydrogen) atoms.